The van der Waals surface area contributed by atoms with Crippen LogP contribution in [0.4, 0.5) is 26.3 Å². The molecule has 1 aliphatic carbocycles. The Labute approximate surface area is 98.1 Å². The lowest BCUT2D eigenvalue weighted by atomic mass is 10.00. The molecule has 2 unspecified atom stereocenters. The lowest BCUT2D eigenvalue weighted by Gasteiger charge is -2.33. The van der Waals surface area contributed by atoms with Crippen LogP contribution in [-0.2, 0) is 4.74 Å². The second kappa shape index (κ2) is 4.56. The number of alkyl halides is 6. The maximum atomic E-state index is 12.9. The summed E-state index contributed by atoms with van der Waals surface area (Å²) in [5.41, 5.74) is 8.83. The van der Waals surface area contributed by atoms with Crippen molar-refractivity contribution in [2.45, 2.75) is 30.2 Å². The Morgan fingerprint density at radius 1 is 1.11 bits per heavy atom. The first-order chi connectivity index (χ1) is 7.98. The first-order valence-electron chi connectivity index (χ1n) is 4.66. The van der Waals surface area contributed by atoms with E-state index < -0.39 is 30.2 Å². The molecule has 3 nitrogen and oxygen atoms in total. The fourth-order valence-corrected chi connectivity index (χ4v) is 1.15. The molecule has 0 radical (unpaired) electrons. The molecule has 0 heterocycles. The minimum Gasteiger partial charge on any atom is -0.332 e. The summed E-state index contributed by atoms with van der Waals surface area (Å²) in [6.07, 6.45) is -6.95. The molecule has 0 bridgehead atoms. The minimum absolute atomic E-state index is 0.985. The minimum atomic E-state index is -6.06. The van der Waals surface area contributed by atoms with E-state index in [0.717, 1.165) is 12.2 Å². The van der Waals surface area contributed by atoms with E-state index in [4.69, 9.17) is 11.5 Å². The van der Waals surface area contributed by atoms with Crippen molar-refractivity contribution in [3.63, 3.8) is 0 Å². The van der Waals surface area contributed by atoms with E-state index >= 15 is 0 Å². The van der Waals surface area contributed by atoms with E-state index in [1.54, 1.807) is 0 Å². The number of ether oxygens (including phenoxy) is 1. The largest absolute Gasteiger partial charge is 0.459 e. The Hall–Kier alpha value is -1.06. The summed E-state index contributed by atoms with van der Waals surface area (Å²) in [5.74, 6) is -5.64. The molecule has 0 aromatic carbocycles. The zero-order valence-corrected chi connectivity index (χ0v) is 8.79. The number of nitrogens with two attached hydrogens (primary N) is 2. The molecule has 9 heteroatoms. The molecule has 0 fully saturated rings. The Kier molecular flexibility index (Phi) is 3.80. The first-order valence-corrected chi connectivity index (χ1v) is 4.66. The zero-order chi connectivity index (χ0) is 14.2. The Balaban J connectivity index is 2.80. The van der Waals surface area contributed by atoms with Gasteiger partial charge in [0.2, 0.25) is 0 Å². The van der Waals surface area contributed by atoms with E-state index in [1.165, 1.54) is 12.2 Å². The lowest BCUT2D eigenvalue weighted by molar-refractivity contribution is -0.346. The monoisotopic (exact) mass is 276 g/mol. The Morgan fingerprint density at radius 3 is 2.11 bits per heavy atom. The van der Waals surface area contributed by atoms with Crippen LogP contribution in [0, 0.1) is 0 Å². The fraction of sp³-hybridized carbons (Fsp3) is 0.556. The maximum Gasteiger partial charge on any atom is 0.459 e. The highest BCUT2D eigenvalue weighted by molar-refractivity contribution is 5.23. The second-order valence-electron chi connectivity index (χ2n) is 3.74. The highest BCUT2D eigenvalue weighted by Gasteiger charge is 2.65. The summed E-state index contributed by atoms with van der Waals surface area (Å²) in [5, 5.41) is 0. The van der Waals surface area contributed by atoms with Crippen LogP contribution in [0.3, 0.4) is 0 Å². The number of halogens is 6. The molecule has 0 aliphatic heterocycles. The van der Waals surface area contributed by atoms with Gasteiger partial charge in [0, 0.05) is 0 Å². The molecule has 0 aromatic rings. The zero-order valence-electron chi connectivity index (χ0n) is 8.79. The molecule has 0 aromatic heterocycles. The van der Waals surface area contributed by atoms with Crippen LogP contribution < -0.4 is 11.5 Å². The molecule has 1 rings (SSSR count). The summed E-state index contributed by atoms with van der Waals surface area (Å²) in [6.45, 7) is 0. The molecule has 2 atom stereocenters. The average Bonchev–Trinajstić information content (AvgIpc) is 2.19. The smallest absolute Gasteiger partial charge is 0.332 e. The van der Waals surface area contributed by atoms with Crippen molar-refractivity contribution in [2.24, 2.45) is 11.5 Å². The van der Waals surface area contributed by atoms with Crippen molar-refractivity contribution >= 4 is 0 Å². The van der Waals surface area contributed by atoms with Gasteiger partial charge in [0.05, 0.1) is 0 Å². The normalized spacial score (nSPS) is 25.2. The summed E-state index contributed by atoms with van der Waals surface area (Å²) in [6, 6.07) is 0. The van der Waals surface area contributed by atoms with E-state index in [9.17, 15) is 26.3 Å². The van der Waals surface area contributed by atoms with Crippen LogP contribution in [0.15, 0.2) is 24.3 Å². The highest BCUT2D eigenvalue weighted by atomic mass is 19.4. The molecule has 18 heavy (non-hydrogen) atoms. The van der Waals surface area contributed by atoms with Gasteiger partial charge in [0.25, 0.3) is 6.36 Å². The number of hydrogen-bond donors (Lipinski definition) is 2. The van der Waals surface area contributed by atoms with Gasteiger partial charge in [0.1, 0.15) is 11.8 Å². The third-order valence-corrected chi connectivity index (χ3v) is 2.20. The third-order valence-electron chi connectivity index (χ3n) is 2.20. The van der Waals surface area contributed by atoms with Crippen molar-refractivity contribution in [3.05, 3.63) is 24.3 Å². The molecular weight excluding hydrogens is 266 g/mol. The molecular formula is C9H10F6N2O. The fourth-order valence-electron chi connectivity index (χ4n) is 1.15. The van der Waals surface area contributed by atoms with Crippen molar-refractivity contribution in [2.75, 3.05) is 0 Å². The van der Waals surface area contributed by atoms with Crippen LogP contribution in [0.5, 0.6) is 0 Å². The van der Waals surface area contributed by atoms with Crippen molar-refractivity contribution in [3.8, 4) is 0 Å². The molecule has 0 saturated carbocycles. The lowest BCUT2D eigenvalue weighted by Crippen LogP contribution is -2.60. The Morgan fingerprint density at radius 2 is 1.67 bits per heavy atom. The van der Waals surface area contributed by atoms with Gasteiger partial charge < -0.3 is 16.2 Å². The number of hydrogen-bond acceptors (Lipinski definition) is 3. The van der Waals surface area contributed by atoms with Crippen LogP contribution in [0.2, 0.25) is 0 Å². The van der Waals surface area contributed by atoms with Gasteiger partial charge in [-0.1, -0.05) is 18.2 Å². The van der Waals surface area contributed by atoms with Crippen LogP contribution in [-0.4, -0.2) is 30.2 Å². The molecule has 104 valence electrons. The van der Waals surface area contributed by atoms with Gasteiger partial charge in [-0.3, -0.25) is 0 Å². The number of rotatable bonds is 3. The Bertz CT molecular complexity index is 363. The quantitative estimate of drug-likeness (QED) is 0.608. The van der Waals surface area contributed by atoms with Gasteiger partial charge in [0.15, 0.2) is 0 Å². The summed E-state index contributed by atoms with van der Waals surface area (Å²) in [7, 11) is 0. The third kappa shape index (κ3) is 2.85. The predicted molar refractivity (Wildman–Crippen MR) is 50.2 cm³/mol. The van der Waals surface area contributed by atoms with E-state index in [1.807, 2.05) is 0 Å². The van der Waals surface area contributed by atoms with Crippen LogP contribution in [0.1, 0.15) is 0 Å². The van der Waals surface area contributed by atoms with E-state index in [2.05, 4.69) is 4.74 Å². The van der Waals surface area contributed by atoms with Gasteiger partial charge in [-0.25, -0.2) is 4.39 Å². The van der Waals surface area contributed by atoms with Crippen molar-refractivity contribution in [1.29, 1.82) is 0 Å². The topological polar surface area (TPSA) is 61.3 Å². The van der Waals surface area contributed by atoms with Gasteiger partial charge in [-0.05, 0) is 6.08 Å². The summed E-state index contributed by atoms with van der Waals surface area (Å²) >= 11 is 0. The molecule has 0 saturated heterocycles. The number of allylic oxidation sites excluding steroid dienone is 2. The van der Waals surface area contributed by atoms with Crippen molar-refractivity contribution in [1.82, 2.24) is 0 Å². The molecule has 1 aliphatic rings. The molecule has 4 N–H and O–H groups in total. The van der Waals surface area contributed by atoms with Gasteiger partial charge >= 0.3 is 12.1 Å². The van der Waals surface area contributed by atoms with Crippen molar-refractivity contribution < 1.29 is 31.1 Å². The SMILES string of the molecule is NC1(N)C=CC=CC1OC(F)C(F)(F)C(F)(F)F. The molecule has 0 spiro atoms. The van der Waals surface area contributed by atoms with Crippen LogP contribution >= 0.6 is 0 Å². The van der Waals surface area contributed by atoms with Gasteiger partial charge in [-0.15, -0.1) is 0 Å². The van der Waals surface area contributed by atoms with Crippen LogP contribution in [0.25, 0.3) is 0 Å². The van der Waals surface area contributed by atoms with E-state index in [-0.39, 0.29) is 0 Å². The predicted octanol–water partition coefficient (Wildman–Crippen LogP) is 1.60. The summed E-state index contributed by atoms with van der Waals surface area (Å²) in [4.78, 5) is 0. The summed E-state index contributed by atoms with van der Waals surface area (Å²) < 4.78 is 77.7. The molecule has 0 amide bonds. The second-order valence-corrected chi connectivity index (χ2v) is 3.74. The van der Waals surface area contributed by atoms with Gasteiger partial charge in [-0.2, -0.15) is 22.0 Å². The standard InChI is InChI=1S/C9H10F6N2O/c10-6(8(11,12)9(13,14)15)18-5-3-1-2-4-7(5,16)17/h1-6H,16-17H2. The highest BCUT2D eigenvalue weighted by Crippen LogP contribution is 2.40. The first kappa shape index (κ1) is 15.0. The maximum absolute atomic E-state index is 12.9. The van der Waals surface area contributed by atoms with E-state index in [0.29, 0.717) is 0 Å². The average molecular weight is 276 g/mol.